The summed E-state index contributed by atoms with van der Waals surface area (Å²) in [6, 6.07) is 9.45. The zero-order valence-corrected chi connectivity index (χ0v) is 14.2. The van der Waals surface area contributed by atoms with Gasteiger partial charge in [-0.25, -0.2) is 4.39 Å². The Morgan fingerprint density at radius 3 is 2.12 bits per heavy atom. The normalized spacial score (nSPS) is 10.3. The van der Waals surface area contributed by atoms with Gasteiger partial charge in [0.15, 0.2) is 0 Å². The van der Waals surface area contributed by atoms with E-state index in [0.717, 1.165) is 30.0 Å². The minimum Gasteiger partial charge on any atom is -0.318 e. The number of rotatable bonds is 4. The average Bonchev–Trinajstić information content (AvgIpc) is 2.58. The van der Waals surface area contributed by atoms with Gasteiger partial charge in [-0.3, -0.25) is 9.59 Å². The van der Waals surface area contributed by atoms with E-state index in [0.29, 0.717) is 5.69 Å². The number of carbonyl (C=O) groups is 2. The van der Waals surface area contributed by atoms with Crippen LogP contribution in [-0.2, 0) is 22.4 Å². The molecule has 0 aliphatic carbocycles. The van der Waals surface area contributed by atoms with Gasteiger partial charge < -0.3 is 10.6 Å². The van der Waals surface area contributed by atoms with Crippen LogP contribution in [0.4, 0.5) is 15.8 Å². The Kier molecular flexibility index (Phi) is 5.93. The maximum absolute atomic E-state index is 13.1. The Hall–Kier alpha value is -2.40. The molecule has 0 atom stereocenters. The van der Waals surface area contributed by atoms with E-state index in [1.54, 1.807) is 0 Å². The average molecular weight is 349 g/mol. The first kappa shape index (κ1) is 17.9. The SMILES string of the molecule is CCc1cccc(CC)c1NC(=O)C(=O)Nc1ccc(F)c(Cl)c1. The summed E-state index contributed by atoms with van der Waals surface area (Å²) in [5, 5.41) is 4.94. The van der Waals surface area contributed by atoms with Crippen LogP contribution >= 0.6 is 11.6 Å². The van der Waals surface area contributed by atoms with Gasteiger partial charge in [0, 0.05) is 11.4 Å². The number of halogens is 2. The van der Waals surface area contributed by atoms with Crippen molar-refractivity contribution in [3.63, 3.8) is 0 Å². The van der Waals surface area contributed by atoms with E-state index in [4.69, 9.17) is 11.6 Å². The molecule has 0 heterocycles. The van der Waals surface area contributed by atoms with Gasteiger partial charge in [-0.05, 0) is 42.2 Å². The predicted octanol–water partition coefficient (Wildman–Crippen LogP) is 4.18. The van der Waals surface area contributed by atoms with Crippen LogP contribution in [0.2, 0.25) is 5.02 Å². The maximum Gasteiger partial charge on any atom is 0.314 e. The predicted molar refractivity (Wildman–Crippen MR) is 93.9 cm³/mol. The van der Waals surface area contributed by atoms with E-state index >= 15 is 0 Å². The molecule has 126 valence electrons. The minimum atomic E-state index is -0.842. The second-order valence-corrected chi connectivity index (χ2v) is 5.60. The first-order valence-corrected chi connectivity index (χ1v) is 8.02. The van der Waals surface area contributed by atoms with Crippen molar-refractivity contribution in [1.29, 1.82) is 0 Å². The first-order valence-electron chi connectivity index (χ1n) is 7.64. The van der Waals surface area contributed by atoms with Crippen molar-refractivity contribution >= 4 is 34.8 Å². The Bertz CT molecular complexity index is 755. The quantitative estimate of drug-likeness (QED) is 0.814. The van der Waals surface area contributed by atoms with Gasteiger partial charge in [-0.2, -0.15) is 0 Å². The molecular weight excluding hydrogens is 331 g/mol. The van der Waals surface area contributed by atoms with E-state index in [1.807, 2.05) is 32.0 Å². The lowest BCUT2D eigenvalue weighted by Gasteiger charge is -2.14. The molecule has 0 fully saturated rings. The zero-order valence-electron chi connectivity index (χ0n) is 13.5. The van der Waals surface area contributed by atoms with Crippen molar-refractivity contribution in [2.24, 2.45) is 0 Å². The van der Waals surface area contributed by atoms with Crippen LogP contribution in [-0.4, -0.2) is 11.8 Å². The standard InChI is InChI=1S/C18H18ClFN2O2/c1-3-11-6-5-7-12(4-2)16(11)22-18(24)17(23)21-13-8-9-15(20)14(19)10-13/h5-10H,3-4H2,1-2H3,(H,21,23)(H,22,24). The monoisotopic (exact) mass is 348 g/mol. The molecule has 2 amide bonds. The fourth-order valence-corrected chi connectivity index (χ4v) is 2.52. The number of hydrogen-bond donors (Lipinski definition) is 2. The summed E-state index contributed by atoms with van der Waals surface area (Å²) >= 11 is 5.66. The second-order valence-electron chi connectivity index (χ2n) is 5.20. The summed E-state index contributed by atoms with van der Waals surface area (Å²) in [7, 11) is 0. The lowest BCUT2D eigenvalue weighted by Crippen LogP contribution is -2.29. The van der Waals surface area contributed by atoms with E-state index in [2.05, 4.69) is 10.6 Å². The van der Waals surface area contributed by atoms with E-state index in [-0.39, 0.29) is 10.7 Å². The van der Waals surface area contributed by atoms with Crippen molar-refractivity contribution in [2.75, 3.05) is 10.6 Å². The third-order valence-corrected chi connectivity index (χ3v) is 3.91. The van der Waals surface area contributed by atoms with Gasteiger partial charge in [-0.15, -0.1) is 0 Å². The molecule has 0 aliphatic rings. The molecule has 2 N–H and O–H groups in total. The van der Waals surface area contributed by atoms with Crippen LogP contribution in [0.15, 0.2) is 36.4 Å². The highest BCUT2D eigenvalue weighted by Crippen LogP contribution is 2.23. The van der Waals surface area contributed by atoms with Crippen LogP contribution in [0.3, 0.4) is 0 Å². The van der Waals surface area contributed by atoms with Crippen molar-refractivity contribution in [3.05, 3.63) is 58.4 Å². The highest BCUT2D eigenvalue weighted by molar-refractivity contribution is 6.44. The van der Waals surface area contributed by atoms with Gasteiger partial charge in [0.25, 0.3) is 0 Å². The number of aryl methyl sites for hydroxylation is 2. The summed E-state index contributed by atoms with van der Waals surface area (Å²) in [5.41, 5.74) is 2.83. The molecule has 0 saturated heterocycles. The number of hydrogen-bond acceptors (Lipinski definition) is 2. The molecule has 0 saturated carbocycles. The fourth-order valence-electron chi connectivity index (χ4n) is 2.34. The highest BCUT2D eigenvalue weighted by Gasteiger charge is 2.17. The summed E-state index contributed by atoms with van der Waals surface area (Å²) in [6.07, 6.45) is 1.47. The molecular formula is C18H18ClFN2O2. The zero-order chi connectivity index (χ0) is 17.7. The van der Waals surface area contributed by atoms with Crippen molar-refractivity contribution in [3.8, 4) is 0 Å². The fraction of sp³-hybridized carbons (Fsp3) is 0.222. The summed E-state index contributed by atoms with van der Waals surface area (Å²) in [5.74, 6) is -2.22. The smallest absolute Gasteiger partial charge is 0.314 e. The molecule has 2 rings (SSSR count). The first-order chi connectivity index (χ1) is 11.5. The molecule has 0 unspecified atom stereocenters. The molecule has 2 aromatic rings. The van der Waals surface area contributed by atoms with Gasteiger partial charge in [0.05, 0.1) is 5.02 Å². The lowest BCUT2D eigenvalue weighted by atomic mass is 10.0. The van der Waals surface area contributed by atoms with Crippen LogP contribution in [0, 0.1) is 5.82 Å². The number of nitrogens with one attached hydrogen (secondary N) is 2. The number of benzene rings is 2. The number of anilines is 2. The molecule has 6 heteroatoms. The number of para-hydroxylation sites is 1. The maximum atomic E-state index is 13.1. The van der Waals surface area contributed by atoms with E-state index in [1.165, 1.54) is 12.1 Å². The van der Waals surface area contributed by atoms with Gasteiger partial charge in [0.1, 0.15) is 5.82 Å². The molecule has 0 spiro atoms. The van der Waals surface area contributed by atoms with Crippen LogP contribution in [0.5, 0.6) is 0 Å². The molecule has 0 bridgehead atoms. The van der Waals surface area contributed by atoms with Crippen molar-refractivity contribution in [2.45, 2.75) is 26.7 Å². The second kappa shape index (κ2) is 7.93. The minimum absolute atomic E-state index is 0.127. The largest absolute Gasteiger partial charge is 0.318 e. The molecule has 24 heavy (non-hydrogen) atoms. The lowest BCUT2D eigenvalue weighted by molar-refractivity contribution is -0.133. The topological polar surface area (TPSA) is 58.2 Å². The van der Waals surface area contributed by atoms with Crippen LogP contribution < -0.4 is 10.6 Å². The van der Waals surface area contributed by atoms with E-state index < -0.39 is 17.6 Å². The van der Waals surface area contributed by atoms with Crippen LogP contribution in [0.25, 0.3) is 0 Å². The number of amides is 2. The molecule has 4 nitrogen and oxygen atoms in total. The third kappa shape index (κ3) is 4.11. The van der Waals surface area contributed by atoms with Crippen LogP contribution in [0.1, 0.15) is 25.0 Å². The molecule has 0 aliphatic heterocycles. The van der Waals surface area contributed by atoms with Gasteiger partial charge in [-0.1, -0.05) is 43.6 Å². The Morgan fingerprint density at radius 2 is 1.58 bits per heavy atom. The number of carbonyl (C=O) groups excluding carboxylic acids is 2. The molecule has 0 aromatic heterocycles. The van der Waals surface area contributed by atoms with Gasteiger partial charge in [0.2, 0.25) is 0 Å². The molecule has 2 aromatic carbocycles. The van der Waals surface area contributed by atoms with Gasteiger partial charge >= 0.3 is 11.8 Å². The van der Waals surface area contributed by atoms with E-state index in [9.17, 15) is 14.0 Å². The Morgan fingerprint density at radius 1 is 1.00 bits per heavy atom. The van der Waals surface area contributed by atoms with Crippen molar-refractivity contribution in [1.82, 2.24) is 0 Å². The highest BCUT2D eigenvalue weighted by atomic mass is 35.5. The molecule has 0 radical (unpaired) electrons. The van der Waals surface area contributed by atoms with Crippen molar-refractivity contribution < 1.29 is 14.0 Å². The Balaban J connectivity index is 2.15. The summed E-state index contributed by atoms with van der Waals surface area (Å²) in [6.45, 7) is 3.95. The summed E-state index contributed by atoms with van der Waals surface area (Å²) in [4.78, 5) is 24.2. The summed E-state index contributed by atoms with van der Waals surface area (Å²) < 4.78 is 13.1. The Labute approximate surface area is 145 Å². The third-order valence-electron chi connectivity index (χ3n) is 3.62.